The predicted molar refractivity (Wildman–Crippen MR) is 471 cm³/mol. The molecule has 0 unspecified atom stereocenters. The molecule has 7 aromatic rings. The number of aromatic nitrogens is 4. The van der Waals surface area contributed by atoms with Gasteiger partial charge in [-0.05, 0) is 122 Å². The van der Waals surface area contributed by atoms with E-state index in [-0.39, 0.29) is 0 Å². The number of rotatable bonds is 68. The van der Waals surface area contributed by atoms with E-state index in [0.717, 1.165) is 176 Å². The summed E-state index contributed by atoms with van der Waals surface area (Å²) in [7, 11) is 0. The lowest BCUT2D eigenvalue weighted by molar-refractivity contribution is 0.234. The van der Waals surface area contributed by atoms with Crippen molar-refractivity contribution in [1.82, 2.24) is 20.4 Å². The molecule has 0 atom stereocenters. The maximum atomic E-state index is 6.71. The normalized spacial score (nSPS) is 11.6. The van der Waals surface area contributed by atoms with Crippen LogP contribution in [-0.2, 0) is 0 Å². The van der Waals surface area contributed by atoms with Crippen LogP contribution >= 0.6 is 22.7 Å². The summed E-state index contributed by atoms with van der Waals surface area (Å²) >= 11 is 3.15. The molecular weight excluding hydrogens is 1400 g/mol. The first-order valence-corrected chi connectivity index (χ1v) is 46.3. The van der Waals surface area contributed by atoms with Crippen molar-refractivity contribution in [3.05, 3.63) is 108 Å². The Hall–Kier alpha value is -6.64. The van der Waals surface area contributed by atoms with Crippen molar-refractivity contribution in [2.24, 2.45) is 9.98 Å². The smallest absolute Gasteiger partial charge is 0.203 e. The summed E-state index contributed by atoms with van der Waals surface area (Å²) in [6, 6.07) is 33.2. The highest BCUT2D eigenvalue weighted by Gasteiger charge is 2.22. The molecule has 0 saturated heterocycles. The molecule has 0 aliphatic rings. The van der Waals surface area contributed by atoms with Crippen molar-refractivity contribution in [3.63, 3.8) is 0 Å². The third kappa shape index (κ3) is 37.3. The molecule has 0 spiro atoms. The van der Waals surface area contributed by atoms with Crippen LogP contribution in [0.15, 0.2) is 107 Å². The van der Waals surface area contributed by atoms with Gasteiger partial charge in [0, 0.05) is 34.7 Å². The molecule has 7 rings (SSSR count). The van der Waals surface area contributed by atoms with Gasteiger partial charge >= 0.3 is 0 Å². The first-order valence-electron chi connectivity index (χ1n) is 44.6. The summed E-state index contributed by atoms with van der Waals surface area (Å²) in [5.74, 6) is 4.40. The summed E-state index contributed by atoms with van der Waals surface area (Å²) < 4.78 is 40.2. The molecule has 2 aromatic heterocycles. The molecule has 5 aromatic carbocycles. The Morgan fingerprint density at radius 3 is 0.664 bits per heavy atom. The minimum atomic E-state index is 0.634. The molecule has 0 amide bonds. The Labute approximate surface area is 675 Å². The summed E-state index contributed by atoms with van der Waals surface area (Å²) in [4.78, 5) is 9.72. The number of benzene rings is 5. The van der Waals surface area contributed by atoms with E-state index in [1.165, 1.54) is 231 Å². The summed E-state index contributed by atoms with van der Waals surface area (Å²) in [6.07, 6.45) is 63.6. The van der Waals surface area contributed by atoms with Gasteiger partial charge in [-0.15, -0.1) is 20.4 Å². The van der Waals surface area contributed by atoms with Gasteiger partial charge in [0.25, 0.3) is 0 Å². The molecular formula is C96H144N6O6S2. The zero-order chi connectivity index (χ0) is 77.2. The van der Waals surface area contributed by atoms with Crippen LogP contribution in [0.4, 0.5) is 11.4 Å². The quantitative estimate of drug-likeness (QED) is 0.0268. The van der Waals surface area contributed by atoms with Gasteiger partial charge in [-0.2, -0.15) is 0 Å². The number of hydrogen-bond donors (Lipinski definition) is 0. The highest BCUT2D eigenvalue weighted by atomic mass is 32.1. The van der Waals surface area contributed by atoms with Gasteiger partial charge in [-0.3, -0.25) is 9.98 Å². The van der Waals surface area contributed by atoms with E-state index in [1.807, 2.05) is 36.7 Å². The van der Waals surface area contributed by atoms with Gasteiger partial charge in [0.1, 0.15) is 20.0 Å². The number of ether oxygens (including phenoxy) is 6. The first kappa shape index (κ1) is 90.6. The molecule has 606 valence electrons. The lowest BCUT2D eigenvalue weighted by Gasteiger charge is -2.18. The van der Waals surface area contributed by atoms with Crippen LogP contribution in [-0.4, -0.2) is 72.5 Å². The van der Waals surface area contributed by atoms with Crippen molar-refractivity contribution in [2.75, 3.05) is 39.6 Å². The molecule has 0 N–H and O–H groups in total. The third-order valence-corrected chi connectivity index (χ3v) is 22.8. The van der Waals surface area contributed by atoms with Crippen molar-refractivity contribution in [1.29, 1.82) is 0 Å². The fraction of sp³-hybridized carbons (Fsp3) is 0.625. The van der Waals surface area contributed by atoms with Gasteiger partial charge < -0.3 is 28.4 Å². The lowest BCUT2D eigenvalue weighted by atomic mass is 10.1. The van der Waals surface area contributed by atoms with Crippen LogP contribution in [0.3, 0.4) is 0 Å². The Kier molecular flexibility index (Phi) is 48.7. The highest BCUT2D eigenvalue weighted by Crippen LogP contribution is 2.46. The largest absolute Gasteiger partial charge is 0.490 e. The monoisotopic (exact) mass is 1540 g/mol. The van der Waals surface area contributed by atoms with Gasteiger partial charge in [0.2, 0.25) is 11.5 Å². The summed E-state index contributed by atoms with van der Waals surface area (Å²) in [5.41, 5.74) is 7.53. The van der Waals surface area contributed by atoms with Gasteiger partial charge in [-0.25, -0.2) is 0 Å². The van der Waals surface area contributed by atoms with Crippen molar-refractivity contribution in [2.45, 2.75) is 350 Å². The Morgan fingerprint density at radius 2 is 0.436 bits per heavy atom. The summed E-state index contributed by atoms with van der Waals surface area (Å²) in [6.45, 7) is 17.5. The van der Waals surface area contributed by atoms with Gasteiger partial charge in [0.05, 0.1) is 51.0 Å². The number of hydrogen-bond acceptors (Lipinski definition) is 14. The van der Waals surface area contributed by atoms with Crippen molar-refractivity contribution < 1.29 is 28.4 Å². The second-order valence-corrected chi connectivity index (χ2v) is 32.6. The minimum Gasteiger partial charge on any atom is -0.490 e. The molecule has 14 heteroatoms. The molecule has 0 fully saturated rings. The summed E-state index contributed by atoms with van der Waals surface area (Å²) in [5, 5.41) is 22.3. The maximum absolute atomic E-state index is 6.71. The zero-order valence-electron chi connectivity index (χ0n) is 69.5. The first-order chi connectivity index (χ1) is 54.4. The van der Waals surface area contributed by atoms with Crippen LogP contribution in [0, 0.1) is 0 Å². The average molecular weight is 1540 g/mol. The second-order valence-electron chi connectivity index (χ2n) is 30.6. The van der Waals surface area contributed by atoms with Crippen LogP contribution in [0.25, 0.3) is 42.3 Å². The number of aliphatic imine (C=N–C) groups is 2. The fourth-order valence-corrected chi connectivity index (χ4v) is 15.5. The van der Waals surface area contributed by atoms with Crippen molar-refractivity contribution in [3.8, 4) is 76.8 Å². The van der Waals surface area contributed by atoms with E-state index in [9.17, 15) is 0 Å². The Morgan fingerprint density at radius 1 is 0.236 bits per heavy atom. The van der Waals surface area contributed by atoms with Crippen LogP contribution in [0.5, 0.6) is 34.5 Å². The molecule has 0 saturated carbocycles. The predicted octanol–water partition coefficient (Wildman–Crippen LogP) is 30.7. The Bertz CT molecular complexity index is 3180. The van der Waals surface area contributed by atoms with E-state index in [2.05, 4.69) is 114 Å². The number of nitrogens with zero attached hydrogens (tertiary/aromatic N) is 6. The average Bonchev–Trinajstić information content (AvgIpc) is 1.75. The van der Waals surface area contributed by atoms with Crippen LogP contribution < -0.4 is 28.4 Å². The van der Waals surface area contributed by atoms with E-state index >= 15 is 0 Å². The van der Waals surface area contributed by atoms with Crippen LogP contribution in [0.1, 0.15) is 361 Å². The number of unbranched alkanes of at least 4 members (excludes halogenated alkanes) is 42. The topological polar surface area (TPSA) is 132 Å². The molecule has 110 heavy (non-hydrogen) atoms. The molecule has 0 bridgehead atoms. The standard InChI is InChI=1S/C96H144N6O6S2/c1-7-13-19-25-31-37-43-49-67-103-87-73-83(74-88(104-68-50-44-38-32-26-20-14-8-2)91(87)107-71-53-47-41-35-29-23-17-11-5)95-101-99-93(109-95)81-59-63-85(64-60-81)97-77-79-55-57-80(58-56-79)78-98-86-65-61-82(62-66-86)94-100-102-96(110-94)84-75-89(105-69-51-45-39-33-27-21-15-9-3)92(108-72-54-48-42-36-30-24-18-12-6)90(76-84)106-70-52-46-40-34-28-22-16-10-4/h55-66,73-78H,7-54,67-72H2,1-6H3. The van der Waals surface area contributed by atoms with Crippen molar-refractivity contribution >= 4 is 46.5 Å². The van der Waals surface area contributed by atoms with Gasteiger partial charge in [-0.1, -0.05) is 358 Å². The highest BCUT2D eigenvalue weighted by molar-refractivity contribution is 7.18. The van der Waals surface area contributed by atoms with E-state index in [4.69, 9.17) is 58.8 Å². The molecule has 0 radical (unpaired) electrons. The molecule has 12 nitrogen and oxygen atoms in total. The minimum absolute atomic E-state index is 0.634. The molecule has 0 aliphatic heterocycles. The van der Waals surface area contributed by atoms with E-state index in [0.29, 0.717) is 39.6 Å². The maximum Gasteiger partial charge on any atom is 0.203 e. The van der Waals surface area contributed by atoms with Crippen LogP contribution in [0.2, 0.25) is 0 Å². The fourth-order valence-electron chi connectivity index (χ4n) is 13.9. The zero-order valence-corrected chi connectivity index (χ0v) is 71.2. The molecule has 0 aliphatic carbocycles. The van der Waals surface area contributed by atoms with Gasteiger partial charge in [0.15, 0.2) is 23.0 Å². The SMILES string of the molecule is CCCCCCCCCCOc1cc(-c2nnc(-c3ccc(N=Cc4ccc(C=Nc5ccc(-c6nnc(-c7cc(OCCCCCCCCCC)c(OCCCCCCCCCC)c(OCCCCCCCCCC)c7)s6)cc5)cc4)cc3)s2)cc(OCCCCCCCCCC)c1OCCCCCCCCCC. The van der Waals surface area contributed by atoms with E-state index in [1.54, 1.807) is 22.7 Å². The molecule has 2 heterocycles. The lowest BCUT2D eigenvalue weighted by Crippen LogP contribution is -2.06. The second kappa shape index (κ2) is 59.1. The Balaban J connectivity index is 0.980. The third-order valence-electron chi connectivity index (χ3n) is 20.8. The van der Waals surface area contributed by atoms with E-state index < -0.39 is 0 Å².